The van der Waals surface area contributed by atoms with Gasteiger partial charge in [-0.3, -0.25) is 4.79 Å². The molecule has 1 fully saturated rings. The van der Waals surface area contributed by atoms with Gasteiger partial charge in [-0.15, -0.1) is 0 Å². The normalized spacial score (nSPS) is 16.0. The molecule has 0 saturated carbocycles. The molecule has 1 atom stereocenters. The number of ether oxygens (including phenoxy) is 2. The molecule has 0 radical (unpaired) electrons. The Morgan fingerprint density at radius 2 is 2.00 bits per heavy atom. The fraction of sp³-hybridized carbons (Fsp3) is 0.583. The Kier molecular flexibility index (Phi) is 8.12. The fourth-order valence-corrected chi connectivity index (χ4v) is 3.47. The summed E-state index contributed by atoms with van der Waals surface area (Å²) in [4.78, 5) is 28.5. The predicted molar refractivity (Wildman–Crippen MR) is 123 cm³/mol. The maximum Gasteiger partial charge on any atom is 0.410 e. The Morgan fingerprint density at radius 3 is 2.58 bits per heavy atom. The van der Waals surface area contributed by atoms with Crippen molar-refractivity contribution in [2.75, 3.05) is 40.3 Å². The second kappa shape index (κ2) is 10.2. The molecule has 1 heterocycles. The molecule has 7 nitrogen and oxygen atoms in total. The lowest BCUT2D eigenvalue weighted by Gasteiger charge is -2.41. The van der Waals surface area contributed by atoms with Gasteiger partial charge in [-0.1, -0.05) is 12.6 Å². The maximum atomic E-state index is 12.6. The Hall–Kier alpha value is -2.54. The van der Waals surface area contributed by atoms with Crippen LogP contribution in [0.3, 0.4) is 0 Å². The van der Waals surface area contributed by atoms with Crippen molar-refractivity contribution in [1.82, 2.24) is 15.1 Å². The first-order valence-electron chi connectivity index (χ1n) is 10.7. The first kappa shape index (κ1) is 24.7. The number of carbonyl (C=O) groups is 2. The Labute approximate surface area is 185 Å². The van der Waals surface area contributed by atoms with Crippen LogP contribution in [0.4, 0.5) is 4.79 Å². The van der Waals surface area contributed by atoms with Gasteiger partial charge in [-0.2, -0.15) is 0 Å². The molecule has 1 aliphatic rings. The molecule has 1 aliphatic heterocycles. The Morgan fingerprint density at radius 1 is 1.35 bits per heavy atom. The largest absolute Gasteiger partial charge is 0.444 e. The molecule has 172 valence electrons. The highest BCUT2D eigenvalue weighted by Gasteiger charge is 2.33. The fourth-order valence-electron chi connectivity index (χ4n) is 3.47. The van der Waals surface area contributed by atoms with Crippen LogP contribution in [0.1, 0.15) is 43.6 Å². The molecule has 1 N–H and O–H groups in total. The Balaban J connectivity index is 2.02. The van der Waals surface area contributed by atoms with Crippen molar-refractivity contribution < 1.29 is 19.1 Å². The third-order valence-corrected chi connectivity index (χ3v) is 5.31. The van der Waals surface area contributed by atoms with E-state index < -0.39 is 5.60 Å². The van der Waals surface area contributed by atoms with E-state index in [-0.39, 0.29) is 18.1 Å². The topological polar surface area (TPSA) is 71.1 Å². The van der Waals surface area contributed by atoms with Gasteiger partial charge in [-0.25, -0.2) is 4.79 Å². The molecule has 1 aromatic rings. The van der Waals surface area contributed by atoms with Gasteiger partial charge < -0.3 is 24.6 Å². The highest BCUT2D eigenvalue weighted by atomic mass is 16.6. The second-order valence-corrected chi connectivity index (χ2v) is 9.39. The summed E-state index contributed by atoms with van der Waals surface area (Å²) in [5.41, 5.74) is 1.05. The SMILES string of the molecule is C=c1ccc(C(=O)NCC(C)OC)c(C)/c1=C/N(C)CC1CN(C(=O)OC(C)(C)C)C1. The molecule has 0 bridgehead atoms. The number of amides is 2. The van der Waals surface area contributed by atoms with Gasteiger partial charge in [0.2, 0.25) is 0 Å². The summed E-state index contributed by atoms with van der Waals surface area (Å²) in [6, 6.07) is 3.68. The van der Waals surface area contributed by atoms with Gasteiger partial charge in [0.25, 0.3) is 5.91 Å². The number of nitrogens with one attached hydrogen (secondary N) is 1. The van der Waals surface area contributed by atoms with E-state index in [1.54, 1.807) is 12.0 Å². The summed E-state index contributed by atoms with van der Waals surface area (Å²) in [5.74, 6) is 0.259. The zero-order valence-corrected chi connectivity index (χ0v) is 19.9. The van der Waals surface area contributed by atoms with E-state index in [2.05, 4.69) is 16.8 Å². The van der Waals surface area contributed by atoms with Crippen LogP contribution in [0, 0.1) is 12.8 Å². The maximum absolute atomic E-state index is 12.6. The lowest BCUT2D eigenvalue weighted by molar-refractivity contribution is -0.00312. The van der Waals surface area contributed by atoms with Crippen molar-refractivity contribution in [3.63, 3.8) is 0 Å². The number of hydrogen-bond acceptors (Lipinski definition) is 5. The third kappa shape index (κ3) is 6.99. The van der Waals surface area contributed by atoms with E-state index in [0.717, 1.165) is 22.5 Å². The molecular weight excluding hydrogens is 394 g/mol. The molecule has 1 unspecified atom stereocenters. The van der Waals surface area contributed by atoms with Gasteiger partial charge in [-0.05, 0) is 51.5 Å². The van der Waals surface area contributed by atoms with Gasteiger partial charge in [0, 0.05) is 63.2 Å². The molecule has 2 amide bonds. The highest BCUT2D eigenvalue weighted by molar-refractivity contribution is 5.95. The summed E-state index contributed by atoms with van der Waals surface area (Å²) in [6.45, 7) is 16.2. The number of carbonyl (C=O) groups excluding carboxylic acids is 2. The number of rotatable bonds is 7. The van der Waals surface area contributed by atoms with Gasteiger partial charge in [0.05, 0.1) is 6.10 Å². The van der Waals surface area contributed by atoms with Gasteiger partial charge >= 0.3 is 6.09 Å². The number of methoxy groups -OCH3 is 1. The van der Waals surface area contributed by atoms with E-state index >= 15 is 0 Å². The summed E-state index contributed by atoms with van der Waals surface area (Å²) in [7, 11) is 3.62. The number of likely N-dealkylation sites (tertiary alicyclic amines) is 1. The molecule has 0 spiro atoms. The van der Waals surface area contributed by atoms with Crippen LogP contribution in [-0.2, 0) is 9.47 Å². The van der Waals surface area contributed by atoms with Crippen molar-refractivity contribution in [3.05, 3.63) is 33.7 Å². The average Bonchev–Trinajstić information content (AvgIpc) is 2.63. The molecule has 0 aliphatic carbocycles. The van der Waals surface area contributed by atoms with E-state index in [9.17, 15) is 9.59 Å². The second-order valence-electron chi connectivity index (χ2n) is 9.39. The first-order valence-corrected chi connectivity index (χ1v) is 10.7. The van der Waals surface area contributed by atoms with Crippen molar-refractivity contribution >= 4 is 24.8 Å². The molecule has 7 heteroatoms. The minimum Gasteiger partial charge on any atom is -0.444 e. The summed E-state index contributed by atoms with van der Waals surface area (Å²) in [5, 5.41) is 4.72. The smallest absolute Gasteiger partial charge is 0.410 e. The monoisotopic (exact) mass is 431 g/mol. The molecule has 1 saturated heterocycles. The minimum atomic E-state index is -0.478. The van der Waals surface area contributed by atoms with Crippen LogP contribution in [0.15, 0.2) is 12.1 Å². The molecular formula is C24H37N3O4. The summed E-state index contributed by atoms with van der Waals surface area (Å²) in [6.07, 6.45) is 1.73. The highest BCUT2D eigenvalue weighted by Crippen LogP contribution is 2.20. The van der Waals surface area contributed by atoms with E-state index in [4.69, 9.17) is 9.47 Å². The van der Waals surface area contributed by atoms with Crippen LogP contribution in [0.2, 0.25) is 0 Å². The van der Waals surface area contributed by atoms with Crippen molar-refractivity contribution in [2.24, 2.45) is 5.92 Å². The number of benzene rings is 1. The zero-order chi connectivity index (χ0) is 23.3. The summed E-state index contributed by atoms with van der Waals surface area (Å²) < 4.78 is 10.6. The van der Waals surface area contributed by atoms with Gasteiger partial charge in [0.15, 0.2) is 0 Å². The molecule has 31 heavy (non-hydrogen) atoms. The van der Waals surface area contributed by atoms with Crippen LogP contribution >= 0.6 is 0 Å². The average molecular weight is 432 g/mol. The lowest BCUT2D eigenvalue weighted by atomic mass is 10.00. The van der Waals surface area contributed by atoms with Gasteiger partial charge in [0.1, 0.15) is 5.60 Å². The van der Waals surface area contributed by atoms with Crippen molar-refractivity contribution in [2.45, 2.75) is 46.3 Å². The third-order valence-electron chi connectivity index (χ3n) is 5.31. The minimum absolute atomic E-state index is 0.0451. The quantitative estimate of drug-likeness (QED) is 0.712. The molecule has 2 rings (SSSR count). The zero-order valence-electron chi connectivity index (χ0n) is 19.9. The number of hydrogen-bond donors (Lipinski definition) is 1. The first-order chi connectivity index (χ1) is 14.4. The lowest BCUT2D eigenvalue weighted by Crippen LogP contribution is -2.54. The van der Waals surface area contributed by atoms with Crippen LogP contribution in [0.25, 0.3) is 12.8 Å². The number of nitrogens with zero attached hydrogens (tertiary/aromatic N) is 2. The summed E-state index contributed by atoms with van der Waals surface area (Å²) >= 11 is 0. The standard InChI is InChI=1S/C24H37N3O4/c1-16-9-10-20(22(28)25-11-17(2)30-8)18(3)21(16)15-26(7)12-19-13-27(14-19)23(29)31-24(4,5)6/h9-10,15,17,19H,1,11-14H2,2-8H3,(H,25,28)/b21-15+. The Bertz CT molecular complexity index is 901. The van der Waals surface area contributed by atoms with Crippen LogP contribution in [-0.4, -0.2) is 73.8 Å². The predicted octanol–water partition coefficient (Wildman–Crippen LogP) is 1.71. The van der Waals surface area contributed by atoms with Crippen LogP contribution in [0.5, 0.6) is 0 Å². The van der Waals surface area contributed by atoms with E-state index in [1.165, 1.54) is 0 Å². The van der Waals surface area contributed by atoms with E-state index in [1.807, 2.05) is 60.0 Å². The molecule has 0 aromatic heterocycles. The van der Waals surface area contributed by atoms with Crippen LogP contribution < -0.4 is 15.8 Å². The van der Waals surface area contributed by atoms with E-state index in [0.29, 0.717) is 31.1 Å². The van der Waals surface area contributed by atoms with Crippen molar-refractivity contribution in [3.8, 4) is 0 Å². The molecule has 1 aromatic carbocycles. The van der Waals surface area contributed by atoms with Crippen molar-refractivity contribution in [1.29, 1.82) is 0 Å².